The lowest BCUT2D eigenvalue weighted by molar-refractivity contribution is -0.254. The minimum atomic E-state index is -1.00. The van der Waals surface area contributed by atoms with Crippen molar-refractivity contribution < 1.29 is 4.66 Å². The fourth-order valence-corrected chi connectivity index (χ4v) is 6.22. The number of rotatable bonds is 3. The molecule has 0 bridgehead atoms. The van der Waals surface area contributed by atoms with Crippen LogP contribution in [-0.4, -0.2) is 24.5 Å². The molecule has 0 amide bonds. The van der Waals surface area contributed by atoms with Gasteiger partial charge in [-0.3, -0.25) is 0 Å². The van der Waals surface area contributed by atoms with Gasteiger partial charge in [0.1, 0.15) is 0 Å². The Labute approximate surface area is 97.9 Å². The molecule has 0 aliphatic heterocycles. The quantitative estimate of drug-likeness (QED) is 0.563. The van der Waals surface area contributed by atoms with Gasteiger partial charge in [-0.1, -0.05) is 54.9 Å². The maximum absolute atomic E-state index is 3.99. The summed E-state index contributed by atoms with van der Waals surface area (Å²) in [4.78, 5) is 0. The smallest absolute Gasteiger partial charge is 0.227 e. The van der Waals surface area contributed by atoms with E-state index >= 15 is 0 Å². The molecule has 1 N–H and O–H groups in total. The number of hydrogen-bond donors (Lipinski definition) is 1. The first-order valence-corrected chi connectivity index (χ1v) is 7.67. The molecule has 0 unspecified atom stereocenters. The van der Waals surface area contributed by atoms with E-state index < -0.39 is 7.05 Å². The molecular formula is C12H31BNP. The van der Waals surface area contributed by atoms with Crippen molar-refractivity contribution in [2.75, 3.05) is 6.16 Å². The lowest BCUT2D eigenvalue weighted by Gasteiger charge is -2.44. The average Bonchev–Trinajstić information content (AvgIpc) is 2.01. The predicted octanol–water partition coefficient (Wildman–Crippen LogP) is 1.95. The van der Waals surface area contributed by atoms with Gasteiger partial charge in [0, 0.05) is 16.5 Å². The molecular weight excluding hydrogens is 200 g/mol. The number of nitrogens with one attached hydrogen (secondary N) is 1. The summed E-state index contributed by atoms with van der Waals surface area (Å²) >= 11 is 0. The van der Waals surface area contributed by atoms with E-state index in [4.69, 9.17) is 0 Å². The molecule has 3 heteroatoms. The van der Waals surface area contributed by atoms with Crippen LogP contribution in [0.1, 0.15) is 61.3 Å². The first-order chi connectivity index (χ1) is 6.62. The second kappa shape index (κ2) is 5.08. The molecule has 0 atom stereocenters. The second-order valence-electron chi connectivity index (χ2n) is 6.23. The number of hydrogen-bond acceptors (Lipinski definition) is 0. The molecule has 0 spiro atoms. The molecule has 0 aliphatic carbocycles. The van der Waals surface area contributed by atoms with E-state index in [9.17, 15) is 0 Å². The summed E-state index contributed by atoms with van der Waals surface area (Å²) in [6.45, 7) is 17.0. The summed E-state index contributed by atoms with van der Waals surface area (Å²) in [5, 5.41) is 0.921. The summed E-state index contributed by atoms with van der Waals surface area (Å²) in [6.07, 6.45) is 4.15. The van der Waals surface area contributed by atoms with Crippen molar-refractivity contribution in [1.29, 1.82) is 0 Å². The molecule has 0 radical (unpaired) electrons. The van der Waals surface area contributed by atoms with Crippen molar-refractivity contribution >= 4 is 15.0 Å². The van der Waals surface area contributed by atoms with Gasteiger partial charge in [-0.25, -0.2) is 0 Å². The molecule has 0 fully saturated rings. The molecule has 92 valence electrons. The van der Waals surface area contributed by atoms with Gasteiger partial charge in [-0.2, -0.15) is 0 Å². The third-order valence-electron chi connectivity index (χ3n) is 3.14. The van der Waals surface area contributed by atoms with Gasteiger partial charge in [0.05, 0.1) is 7.05 Å². The van der Waals surface area contributed by atoms with Gasteiger partial charge in [0.2, 0.25) is 7.98 Å². The largest absolute Gasteiger partial charge is 0.500 e. The Hall–Kier alpha value is 0.295. The summed E-state index contributed by atoms with van der Waals surface area (Å²) < 4.78 is 3.99. The summed E-state index contributed by atoms with van der Waals surface area (Å²) in [5.74, 6) is 0. The van der Waals surface area contributed by atoms with Gasteiger partial charge in [-0.05, 0) is 6.42 Å². The van der Waals surface area contributed by atoms with E-state index in [1.165, 1.54) is 19.0 Å². The first-order valence-electron chi connectivity index (χ1n) is 5.69. The average molecular weight is 231 g/mol. The Balaban J connectivity index is 5.36. The van der Waals surface area contributed by atoms with Crippen molar-refractivity contribution in [1.82, 2.24) is 0 Å². The fourth-order valence-electron chi connectivity index (χ4n) is 2.07. The van der Waals surface area contributed by atoms with E-state index in [-0.39, 0.29) is 7.98 Å². The van der Waals surface area contributed by atoms with Crippen LogP contribution in [0.3, 0.4) is 0 Å². The van der Waals surface area contributed by atoms with E-state index in [2.05, 4.69) is 53.1 Å². The van der Waals surface area contributed by atoms with Gasteiger partial charge in [-0.15, -0.1) is 0 Å². The zero-order valence-corrected chi connectivity index (χ0v) is 12.0. The van der Waals surface area contributed by atoms with Crippen molar-refractivity contribution in [3.8, 4) is 0 Å². The van der Waals surface area contributed by atoms with Crippen LogP contribution in [0.5, 0.6) is 0 Å². The van der Waals surface area contributed by atoms with Crippen LogP contribution < -0.4 is 4.66 Å². The molecule has 15 heavy (non-hydrogen) atoms. The lowest BCUT2D eigenvalue weighted by Crippen LogP contribution is -2.69. The highest BCUT2D eigenvalue weighted by atomic mass is 31.2. The summed E-state index contributed by atoms with van der Waals surface area (Å²) in [5.41, 5.74) is 0. The fraction of sp³-hybridized carbons (Fsp3) is 1.00. The van der Waals surface area contributed by atoms with Crippen molar-refractivity contribution in [2.45, 2.75) is 71.6 Å². The summed E-state index contributed by atoms with van der Waals surface area (Å²) in [6, 6.07) is 0. The van der Waals surface area contributed by atoms with Crippen LogP contribution in [0.25, 0.3) is 0 Å². The maximum atomic E-state index is 3.99. The van der Waals surface area contributed by atoms with Crippen LogP contribution in [-0.2, 0) is 0 Å². The van der Waals surface area contributed by atoms with Crippen LogP contribution in [0.4, 0.5) is 0 Å². The summed E-state index contributed by atoms with van der Waals surface area (Å²) in [7, 11) is -0.710. The Morgan fingerprint density at radius 2 is 1.40 bits per heavy atom. The van der Waals surface area contributed by atoms with E-state index in [1.54, 1.807) is 0 Å². The molecule has 0 saturated carbocycles. The molecule has 1 nitrogen and oxygen atoms in total. The number of unbranched alkanes of at least 4 members (excludes halogenated alkanes) is 1. The third-order valence-corrected chi connectivity index (χ3v) is 8.71. The Kier molecular flexibility index (Phi) is 5.18. The van der Waals surface area contributed by atoms with Crippen LogP contribution in [0.15, 0.2) is 0 Å². The molecule has 0 rings (SSSR count). The normalized spacial score (nSPS) is 14.1. The molecule has 0 aromatic rings. The molecule has 0 aromatic heterocycles. The topological polar surface area (TPSA) is 14.0 Å². The van der Waals surface area contributed by atoms with Gasteiger partial charge < -0.3 is 4.66 Å². The Bertz CT molecular complexity index is 227. The van der Waals surface area contributed by atoms with Crippen molar-refractivity contribution in [3.05, 3.63) is 0 Å². The van der Waals surface area contributed by atoms with E-state index in [0.29, 0.717) is 10.3 Å². The minimum Gasteiger partial charge on any atom is -0.500 e. The van der Waals surface area contributed by atoms with Crippen LogP contribution in [0, 0.1) is 0 Å². The second-order valence-corrected chi connectivity index (χ2v) is 11.0. The monoisotopic (exact) mass is 231 g/mol. The molecule has 0 saturated heterocycles. The zero-order valence-electron chi connectivity index (χ0n) is 11.1. The van der Waals surface area contributed by atoms with Crippen LogP contribution in [0.2, 0.25) is 0 Å². The van der Waals surface area contributed by atoms with Gasteiger partial charge in [0.15, 0.2) is 0 Å². The molecule has 0 heterocycles. The third kappa shape index (κ3) is 3.13. The first kappa shape index (κ1) is 15.3. The minimum absolute atomic E-state index is 0.290. The Morgan fingerprint density at radius 3 is 1.60 bits per heavy atom. The predicted molar refractivity (Wildman–Crippen MR) is 77.1 cm³/mol. The van der Waals surface area contributed by atoms with Crippen LogP contribution >= 0.6 is 7.05 Å². The lowest BCUT2D eigenvalue weighted by atomic mass is 10.2. The Morgan fingerprint density at radius 1 is 1.00 bits per heavy atom. The van der Waals surface area contributed by atoms with Gasteiger partial charge in [0.25, 0.3) is 0 Å². The standard InChI is InChI=1S/C12H31BNP/c1-8-9-10-15(14-13,11(2,3)4)12(5,6)7/h14H,8-10H2,1-7,13H3. The van der Waals surface area contributed by atoms with E-state index in [1.807, 2.05) is 0 Å². The van der Waals surface area contributed by atoms with Gasteiger partial charge >= 0.3 is 0 Å². The zero-order chi connectivity index (χ0) is 12.3. The highest BCUT2D eigenvalue weighted by Crippen LogP contribution is 2.64. The maximum Gasteiger partial charge on any atom is 0.227 e. The highest BCUT2D eigenvalue weighted by Gasteiger charge is 2.45. The highest BCUT2D eigenvalue weighted by molar-refractivity contribution is 7.66. The van der Waals surface area contributed by atoms with Crippen molar-refractivity contribution in [3.63, 3.8) is 0 Å². The SMILES string of the molecule is [BH3-][NH+]=P(CCCC)(C(C)(C)C)C(C)(C)C. The van der Waals surface area contributed by atoms with Crippen molar-refractivity contribution in [2.24, 2.45) is 0 Å². The molecule has 0 aromatic carbocycles. The van der Waals surface area contributed by atoms with E-state index in [0.717, 1.165) is 0 Å². The molecule has 0 aliphatic rings.